The molecule has 1 aliphatic heterocycles. The van der Waals surface area contributed by atoms with Gasteiger partial charge in [0.25, 0.3) is 5.91 Å². The number of amides is 1. The number of carbonyl (C=O) groups excluding carboxylic acids is 1. The van der Waals surface area contributed by atoms with Gasteiger partial charge in [0.2, 0.25) is 16.6 Å². The van der Waals surface area contributed by atoms with Crippen molar-refractivity contribution < 1.29 is 23.4 Å². The predicted octanol–water partition coefficient (Wildman–Crippen LogP) is 4.35. The lowest BCUT2D eigenvalue weighted by atomic mass is 9.97. The molecule has 5 rings (SSSR count). The predicted molar refractivity (Wildman–Crippen MR) is 131 cm³/mol. The van der Waals surface area contributed by atoms with Crippen molar-refractivity contribution in [2.24, 2.45) is 0 Å². The van der Waals surface area contributed by atoms with E-state index in [2.05, 4.69) is 10.2 Å². The number of fused-ring (bicyclic) bond motifs is 2. The summed E-state index contributed by atoms with van der Waals surface area (Å²) in [4.78, 5) is 29.0. The average molecular weight is 494 g/mol. The molecule has 10 heteroatoms. The van der Waals surface area contributed by atoms with Crippen LogP contribution < -0.4 is 24.5 Å². The molecule has 0 spiro atoms. The van der Waals surface area contributed by atoms with Crippen molar-refractivity contribution in [3.63, 3.8) is 0 Å². The number of anilines is 1. The molecule has 0 saturated heterocycles. The molecule has 1 amide bonds. The van der Waals surface area contributed by atoms with Crippen molar-refractivity contribution in [2.45, 2.75) is 26.8 Å². The molecule has 0 fully saturated rings. The van der Waals surface area contributed by atoms with E-state index in [1.54, 1.807) is 31.2 Å². The van der Waals surface area contributed by atoms with Crippen LogP contribution in [-0.4, -0.2) is 37.4 Å². The maximum Gasteiger partial charge on any atom is 0.297 e. The number of hydrogen-bond donors (Lipinski definition) is 0. The Balaban J connectivity index is 1.85. The van der Waals surface area contributed by atoms with E-state index in [-0.39, 0.29) is 16.8 Å². The van der Waals surface area contributed by atoms with E-state index < -0.39 is 11.9 Å². The number of hydrogen-bond acceptors (Lipinski definition) is 9. The first kappa shape index (κ1) is 22.9. The molecule has 2 aromatic carbocycles. The van der Waals surface area contributed by atoms with E-state index in [4.69, 9.17) is 18.6 Å². The van der Waals surface area contributed by atoms with Crippen molar-refractivity contribution in [3.8, 4) is 17.2 Å². The van der Waals surface area contributed by atoms with E-state index in [9.17, 15) is 9.59 Å². The molecule has 35 heavy (non-hydrogen) atoms. The molecule has 0 aliphatic carbocycles. The maximum atomic E-state index is 13.9. The van der Waals surface area contributed by atoms with Crippen LogP contribution in [0.25, 0.3) is 11.0 Å². The third-order valence-corrected chi connectivity index (χ3v) is 7.05. The molecule has 1 atom stereocenters. The van der Waals surface area contributed by atoms with Crippen LogP contribution in [0.1, 0.15) is 43.9 Å². The molecule has 0 N–H and O–H groups in total. The standard InChI is InChI=1S/C25H23N3O6S/c1-11-7-15-16(8-12(11)2)34-23-19(21(15)29)20(28(24(23)30)25-27-26-13(3)35-25)14-9-17(31-4)22(33-6)18(10-14)32-5/h7-10,20H,1-6H3/t20-/m1/s1. The minimum Gasteiger partial charge on any atom is -0.493 e. The largest absolute Gasteiger partial charge is 0.493 e. The van der Waals surface area contributed by atoms with Crippen molar-refractivity contribution in [3.05, 3.63) is 67.5 Å². The number of aryl methyl sites for hydroxylation is 3. The fraction of sp³-hybridized carbons (Fsp3) is 0.280. The Hall–Kier alpha value is -3.92. The number of rotatable bonds is 5. The normalized spacial score (nSPS) is 15.0. The molecule has 0 unspecified atom stereocenters. The summed E-state index contributed by atoms with van der Waals surface area (Å²) in [6, 6.07) is 6.19. The summed E-state index contributed by atoms with van der Waals surface area (Å²) >= 11 is 1.25. The van der Waals surface area contributed by atoms with Crippen molar-refractivity contribution in [1.82, 2.24) is 10.2 Å². The lowest BCUT2D eigenvalue weighted by Gasteiger charge is -2.24. The minimum absolute atomic E-state index is 0.0163. The van der Waals surface area contributed by atoms with Gasteiger partial charge >= 0.3 is 0 Å². The van der Waals surface area contributed by atoms with Crippen LogP contribution in [0.4, 0.5) is 5.13 Å². The van der Waals surface area contributed by atoms with Crippen molar-refractivity contribution in [1.29, 1.82) is 0 Å². The van der Waals surface area contributed by atoms with Crippen molar-refractivity contribution >= 4 is 33.3 Å². The van der Waals surface area contributed by atoms with Gasteiger partial charge in [-0.1, -0.05) is 11.3 Å². The summed E-state index contributed by atoms with van der Waals surface area (Å²) in [6.45, 7) is 5.66. The van der Waals surface area contributed by atoms with Gasteiger partial charge in [-0.05, 0) is 61.7 Å². The van der Waals surface area contributed by atoms with Crippen LogP contribution in [0.2, 0.25) is 0 Å². The smallest absolute Gasteiger partial charge is 0.297 e. The molecule has 180 valence electrons. The van der Waals surface area contributed by atoms with Gasteiger partial charge in [-0.15, -0.1) is 10.2 Å². The Morgan fingerprint density at radius 3 is 2.14 bits per heavy atom. The van der Waals surface area contributed by atoms with Crippen LogP contribution >= 0.6 is 11.3 Å². The second kappa shape index (κ2) is 8.38. The van der Waals surface area contributed by atoms with Gasteiger partial charge in [-0.2, -0.15) is 0 Å². The number of aromatic nitrogens is 2. The monoisotopic (exact) mass is 493 g/mol. The van der Waals surface area contributed by atoms with Gasteiger partial charge in [0.15, 0.2) is 16.9 Å². The lowest BCUT2D eigenvalue weighted by Crippen LogP contribution is -2.29. The molecular weight excluding hydrogens is 470 g/mol. The van der Waals surface area contributed by atoms with Crippen LogP contribution in [0.5, 0.6) is 17.2 Å². The average Bonchev–Trinajstić information content (AvgIpc) is 3.40. The molecule has 0 bridgehead atoms. The molecule has 0 radical (unpaired) electrons. The SMILES string of the molecule is COc1cc([C@@H]2c3c(oc4cc(C)c(C)cc4c3=O)C(=O)N2c2nnc(C)s2)cc(OC)c1OC. The fourth-order valence-electron chi connectivity index (χ4n) is 4.38. The van der Waals surface area contributed by atoms with Crippen LogP contribution in [0.15, 0.2) is 33.5 Å². The Bertz CT molecular complexity index is 1530. The van der Waals surface area contributed by atoms with Crippen LogP contribution in [0, 0.1) is 20.8 Å². The Morgan fingerprint density at radius 1 is 0.914 bits per heavy atom. The highest BCUT2D eigenvalue weighted by Crippen LogP contribution is 2.46. The van der Waals surface area contributed by atoms with Gasteiger partial charge < -0.3 is 18.6 Å². The topological polar surface area (TPSA) is 104 Å². The maximum absolute atomic E-state index is 13.9. The highest BCUT2D eigenvalue weighted by Gasteiger charge is 2.45. The fourth-order valence-corrected chi connectivity index (χ4v) is 5.10. The zero-order valence-electron chi connectivity index (χ0n) is 20.1. The van der Waals surface area contributed by atoms with E-state index in [1.807, 2.05) is 13.8 Å². The Morgan fingerprint density at radius 2 is 1.57 bits per heavy atom. The number of benzene rings is 2. The molecule has 9 nitrogen and oxygen atoms in total. The number of methoxy groups -OCH3 is 3. The van der Waals surface area contributed by atoms with Crippen molar-refractivity contribution in [2.75, 3.05) is 26.2 Å². The van der Waals surface area contributed by atoms with Gasteiger partial charge in [-0.25, -0.2) is 0 Å². The number of ether oxygens (including phenoxy) is 3. The van der Waals surface area contributed by atoms with E-state index >= 15 is 0 Å². The van der Waals surface area contributed by atoms with Gasteiger partial charge in [-0.3, -0.25) is 14.5 Å². The summed E-state index contributed by atoms with van der Waals surface area (Å²) in [5, 5.41) is 9.72. The molecule has 4 aromatic rings. The van der Waals surface area contributed by atoms with E-state index in [0.29, 0.717) is 43.9 Å². The van der Waals surface area contributed by atoms with Gasteiger partial charge in [0.1, 0.15) is 10.6 Å². The lowest BCUT2D eigenvalue weighted by molar-refractivity contribution is 0.0970. The van der Waals surface area contributed by atoms with E-state index in [1.165, 1.54) is 37.6 Å². The third-order valence-electron chi connectivity index (χ3n) is 6.21. The quantitative estimate of drug-likeness (QED) is 0.404. The minimum atomic E-state index is -0.833. The highest BCUT2D eigenvalue weighted by atomic mass is 32.1. The summed E-state index contributed by atoms with van der Waals surface area (Å²) < 4.78 is 22.6. The van der Waals surface area contributed by atoms with E-state index in [0.717, 1.165) is 11.1 Å². The molecule has 3 heterocycles. The molecule has 1 aliphatic rings. The summed E-state index contributed by atoms with van der Waals surface area (Å²) in [7, 11) is 4.52. The summed E-state index contributed by atoms with van der Waals surface area (Å²) in [5.41, 5.74) is 2.81. The Kier molecular flexibility index (Phi) is 5.47. The second-order valence-corrected chi connectivity index (χ2v) is 9.41. The molecular formula is C25H23N3O6S. The zero-order valence-corrected chi connectivity index (χ0v) is 20.9. The van der Waals surface area contributed by atoms with Gasteiger partial charge in [0, 0.05) is 0 Å². The van der Waals surface area contributed by atoms with Crippen LogP contribution in [0.3, 0.4) is 0 Å². The first-order valence-corrected chi connectivity index (χ1v) is 11.6. The summed E-state index contributed by atoms with van der Waals surface area (Å²) in [5.74, 6) is 0.711. The molecule has 0 saturated carbocycles. The van der Waals surface area contributed by atoms with Crippen LogP contribution in [-0.2, 0) is 0 Å². The highest BCUT2D eigenvalue weighted by molar-refractivity contribution is 7.15. The first-order chi connectivity index (χ1) is 16.8. The first-order valence-electron chi connectivity index (χ1n) is 10.8. The number of carbonyl (C=O) groups is 1. The van der Waals surface area contributed by atoms with Gasteiger partial charge in [0.05, 0.1) is 38.3 Å². The third kappa shape index (κ3) is 3.44. The summed E-state index contributed by atoms with van der Waals surface area (Å²) in [6.07, 6.45) is 0. The Labute approximate surface area is 204 Å². The zero-order chi connectivity index (χ0) is 25.0. The second-order valence-electron chi connectivity index (χ2n) is 8.25. The molecule has 2 aromatic heterocycles. The number of nitrogens with zero attached hydrogens (tertiary/aromatic N) is 3.